The van der Waals surface area contributed by atoms with Crippen LogP contribution in [-0.4, -0.2) is 16.9 Å². The minimum absolute atomic E-state index is 0.0468. The molecule has 4 heteroatoms. The van der Waals surface area contributed by atoms with E-state index in [1.54, 1.807) is 12.4 Å². The Morgan fingerprint density at radius 3 is 2.89 bits per heavy atom. The lowest BCUT2D eigenvalue weighted by molar-refractivity contribution is -0.122. The number of pyridine rings is 1. The summed E-state index contributed by atoms with van der Waals surface area (Å²) in [5.41, 5.74) is 6.99. The number of rotatable bonds is 5. The monoisotopic (exact) mass is 261 g/mol. The smallest absolute Gasteiger partial charge is 0.237 e. The van der Waals surface area contributed by atoms with E-state index in [0.717, 1.165) is 12.0 Å². The molecule has 3 N–H and O–H groups in total. The van der Waals surface area contributed by atoms with E-state index in [0.29, 0.717) is 12.5 Å². The minimum atomic E-state index is -0.375. The van der Waals surface area contributed by atoms with Crippen LogP contribution >= 0.6 is 0 Å². The van der Waals surface area contributed by atoms with Crippen molar-refractivity contribution in [2.45, 2.75) is 51.1 Å². The molecule has 1 aromatic heterocycles. The molecule has 1 amide bonds. The third-order valence-corrected chi connectivity index (χ3v) is 3.84. The molecule has 19 heavy (non-hydrogen) atoms. The third-order valence-electron chi connectivity index (χ3n) is 3.84. The lowest BCUT2D eigenvalue weighted by Gasteiger charge is -2.24. The van der Waals surface area contributed by atoms with Crippen LogP contribution < -0.4 is 11.1 Å². The summed E-state index contributed by atoms with van der Waals surface area (Å²) < 4.78 is 0. The highest BCUT2D eigenvalue weighted by atomic mass is 16.2. The van der Waals surface area contributed by atoms with Gasteiger partial charge >= 0.3 is 0 Å². The van der Waals surface area contributed by atoms with E-state index >= 15 is 0 Å². The van der Waals surface area contributed by atoms with Crippen molar-refractivity contribution < 1.29 is 4.79 Å². The van der Waals surface area contributed by atoms with E-state index in [9.17, 15) is 4.79 Å². The van der Waals surface area contributed by atoms with Gasteiger partial charge in [0.15, 0.2) is 0 Å². The number of carbonyl (C=O) groups is 1. The molecule has 1 saturated carbocycles. The van der Waals surface area contributed by atoms with Crippen molar-refractivity contribution in [3.05, 3.63) is 30.1 Å². The second kappa shape index (κ2) is 7.24. The van der Waals surface area contributed by atoms with Crippen molar-refractivity contribution in [2.75, 3.05) is 0 Å². The van der Waals surface area contributed by atoms with Crippen molar-refractivity contribution in [1.82, 2.24) is 10.3 Å². The normalized spacial score (nSPS) is 17.9. The fourth-order valence-corrected chi connectivity index (χ4v) is 2.71. The number of nitrogens with zero attached hydrogens (tertiary/aromatic N) is 1. The summed E-state index contributed by atoms with van der Waals surface area (Å²) >= 11 is 0. The Hall–Kier alpha value is -1.42. The Bertz CT molecular complexity index is 388. The highest BCUT2D eigenvalue weighted by molar-refractivity contribution is 5.81. The Morgan fingerprint density at radius 2 is 2.21 bits per heavy atom. The average molecular weight is 261 g/mol. The van der Waals surface area contributed by atoms with E-state index in [1.807, 2.05) is 12.1 Å². The van der Waals surface area contributed by atoms with E-state index in [-0.39, 0.29) is 11.9 Å². The summed E-state index contributed by atoms with van der Waals surface area (Å²) in [6.07, 6.45) is 10.7. The van der Waals surface area contributed by atoms with Crippen LogP contribution in [0.1, 0.15) is 44.1 Å². The summed E-state index contributed by atoms with van der Waals surface area (Å²) in [5.74, 6) is 0.585. The van der Waals surface area contributed by atoms with Gasteiger partial charge in [-0.15, -0.1) is 0 Å². The first kappa shape index (κ1) is 14.0. The van der Waals surface area contributed by atoms with Gasteiger partial charge in [0.1, 0.15) is 0 Å². The second-order valence-corrected chi connectivity index (χ2v) is 5.43. The molecule has 4 nitrogen and oxygen atoms in total. The van der Waals surface area contributed by atoms with Gasteiger partial charge < -0.3 is 11.1 Å². The number of carbonyl (C=O) groups excluding carboxylic acids is 1. The molecule has 1 heterocycles. The Labute approximate surface area is 114 Å². The summed E-state index contributed by atoms with van der Waals surface area (Å²) in [7, 11) is 0. The number of hydrogen-bond acceptors (Lipinski definition) is 3. The van der Waals surface area contributed by atoms with Crippen LogP contribution in [0.4, 0.5) is 0 Å². The summed E-state index contributed by atoms with van der Waals surface area (Å²) in [4.78, 5) is 16.0. The molecule has 1 atom stereocenters. The summed E-state index contributed by atoms with van der Waals surface area (Å²) in [6.45, 7) is 0.505. The van der Waals surface area contributed by atoms with Gasteiger partial charge in [0.2, 0.25) is 5.91 Å². The van der Waals surface area contributed by atoms with Crippen molar-refractivity contribution in [3.63, 3.8) is 0 Å². The maximum absolute atomic E-state index is 11.9. The predicted octanol–water partition coefficient (Wildman–Crippen LogP) is 2.00. The molecular weight excluding hydrogens is 238 g/mol. The summed E-state index contributed by atoms with van der Waals surface area (Å²) in [5, 5.41) is 2.88. The molecular formula is C15H23N3O. The molecule has 0 radical (unpaired) electrons. The van der Waals surface area contributed by atoms with Gasteiger partial charge in [-0.1, -0.05) is 38.2 Å². The zero-order chi connectivity index (χ0) is 13.5. The van der Waals surface area contributed by atoms with Gasteiger partial charge in [-0.2, -0.15) is 0 Å². The maximum atomic E-state index is 11.9. The topological polar surface area (TPSA) is 68.0 Å². The van der Waals surface area contributed by atoms with Crippen molar-refractivity contribution >= 4 is 5.91 Å². The van der Waals surface area contributed by atoms with Crippen LogP contribution in [-0.2, 0) is 11.3 Å². The molecule has 1 unspecified atom stereocenters. The molecule has 0 bridgehead atoms. The van der Waals surface area contributed by atoms with Gasteiger partial charge in [-0.05, 0) is 24.0 Å². The molecule has 1 fully saturated rings. The SMILES string of the molecule is NC(CC1CCCCC1)C(=O)NCc1cccnc1. The van der Waals surface area contributed by atoms with Crippen LogP contribution in [0.3, 0.4) is 0 Å². The van der Waals surface area contributed by atoms with Gasteiger partial charge in [0.05, 0.1) is 6.04 Å². The number of hydrogen-bond donors (Lipinski definition) is 2. The average Bonchev–Trinajstić information content (AvgIpc) is 2.47. The Kier molecular flexibility index (Phi) is 5.33. The fraction of sp³-hybridized carbons (Fsp3) is 0.600. The third kappa shape index (κ3) is 4.63. The highest BCUT2D eigenvalue weighted by Crippen LogP contribution is 2.26. The highest BCUT2D eigenvalue weighted by Gasteiger charge is 2.20. The van der Waals surface area contributed by atoms with Crippen molar-refractivity contribution in [1.29, 1.82) is 0 Å². The van der Waals surface area contributed by atoms with Crippen molar-refractivity contribution in [2.24, 2.45) is 11.7 Å². The van der Waals surface area contributed by atoms with Gasteiger partial charge in [0, 0.05) is 18.9 Å². The van der Waals surface area contributed by atoms with Gasteiger partial charge in [0.25, 0.3) is 0 Å². The number of nitrogens with one attached hydrogen (secondary N) is 1. The largest absolute Gasteiger partial charge is 0.351 e. The quantitative estimate of drug-likeness (QED) is 0.851. The Morgan fingerprint density at radius 1 is 1.42 bits per heavy atom. The fourth-order valence-electron chi connectivity index (χ4n) is 2.71. The molecule has 0 aliphatic heterocycles. The zero-order valence-electron chi connectivity index (χ0n) is 11.3. The number of aromatic nitrogens is 1. The molecule has 2 rings (SSSR count). The van der Waals surface area contributed by atoms with E-state index in [1.165, 1.54) is 32.1 Å². The lowest BCUT2D eigenvalue weighted by atomic mass is 9.85. The molecule has 1 aliphatic rings. The van der Waals surface area contributed by atoms with Crippen LogP contribution in [0, 0.1) is 5.92 Å². The predicted molar refractivity (Wildman–Crippen MR) is 75.3 cm³/mol. The standard InChI is InChI=1S/C15H23N3O/c16-14(9-12-5-2-1-3-6-12)15(19)18-11-13-7-4-8-17-10-13/h4,7-8,10,12,14H,1-3,5-6,9,11,16H2,(H,18,19). The minimum Gasteiger partial charge on any atom is -0.351 e. The Balaban J connectivity index is 1.72. The first-order valence-corrected chi connectivity index (χ1v) is 7.18. The van der Waals surface area contributed by atoms with Gasteiger partial charge in [-0.3, -0.25) is 9.78 Å². The summed E-state index contributed by atoms with van der Waals surface area (Å²) in [6, 6.07) is 3.43. The van der Waals surface area contributed by atoms with Crippen LogP contribution in [0.15, 0.2) is 24.5 Å². The first-order valence-electron chi connectivity index (χ1n) is 7.18. The van der Waals surface area contributed by atoms with Gasteiger partial charge in [-0.25, -0.2) is 0 Å². The second-order valence-electron chi connectivity index (χ2n) is 5.43. The van der Waals surface area contributed by atoms with Crippen LogP contribution in [0.2, 0.25) is 0 Å². The molecule has 1 aromatic rings. The molecule has 0 saturated heterocycles. The van der Waals surface area contributed by atoms with E-state index in [4.69, 9.17) is 5.73 Å². The molecule has 1 aliphatic carbocycles. The van der Waals surface area contributed by atoms with Crippen LogP contribution in [0.25, 0.3) is 0 Å². The van der Waals surface area contributed by atoms with E-state index in [2.05, 4.69) is 10.3 Å². The molecule has 0 aromatic carbocycles. The van der Waals surface area contributed by atoms with Crippen molar-refractivity contribution in [3.8, 4) is 0 Å². The zero-order valence-corrected chi connectivity index (χ0v) is 11.3. The lowest BCUT2D eigenvalue weighted by Crippen LogP contribution is -2.41. The first-order chi connectivity index (χ1) is 9.25. The number of amides is 1. The molecule has 0 spiro atoms. The van der Waals surface area contributed by atoms with Crippen LogP contribution in [0.5, 0.6) is 0 Å². The maximum Gasteiger partial charge on any atom is 0.237 e. The van der Waals surface area contributed by atoms with E-state index < -0.39 is 0 Å². The number of nitrogens with two attached hydrogens (primary N) is 1. The molecule has 104 valence electrons.